The average molecular weight is 361 g/mol. The van der Waals surface area contributed by atoms with Gasteiger partial charge in [-0.05, 0) is 38.0 Å². The molecule has 140 valence electrons. The van der Waals surface area contributed by atoms with Crippen LogP contribution in [0.1, 0.15) is 30.9 Å². The zero-order valence-electron chi connectivity index (χ0n) is 15.0. The van der Waals surface area contributed by atoms with Gasteiger partial charge in [0.15, 0.2) is 0 Å². The zero-order chi connectivity index (χ0) is 19.5. The van der Waals surface area contributed by atoms with Gasteiger partial charge in [0.25, 0.3) is 5.91 Å². The molecular weight excluding hydrogens is 338 g/mol. The Kier molecular flexibility index (Phi) is 8.56. The average Bonchev–Trinajstić information content (AvgIpc) is 2.59. The van der Waals surface area contributed by atoms with E-state index in [1.165, 1.54) is 0 Å². The summed E-state index contributed by atoms with van der Waals surface area (Å²) in [5.41, 5.74) is 6.90. The number of anilines is 1. The van der Waals surface area contributed by atoms with Crippen molar-refractivity contribution in [2.75, 3.05) is 11.9 Å². The summed E-state index contributed by atoms with van der Waals surface area (Å²) in [7, 11) is 0. The summed E-state index contributed by atoms with van der Waals surface area (Å²) in [5.74, 6) is -2.18. The van der Waals surface area contributed by atoms with Crippen LogP contribution in [0.15, 0.2) is 30.4 Å². The molecule has 0 bridgehead atoms. The smallest absolute Gasteiger partial charge is 0.330 e. The van der Waals surface area contributed by atoms with Gasteiger partial charge in [0, 0.05) is 30.7 Å². The van der Waals surface area contributed by atoms with E-state index in [1.807, 2.05) is 32.0 Å². The van der Waals surface area contributed by atoms with E-state index in [9.17, 15) is 19.2 Å². The van der Waals surface area contributed by atoms with E-state index in [1.54, 1.807) is 6.92 Å². The van der Waals surface area contributed by atoms with Crippen LogP contribution in [0.2, 0.25) is 0 Å². The van der Waals surface area contributed by atoms with E-state index in [0.29, 0.717) is 5.69 Å². The molecular formula is C18H23N3O5. The Morgan fingerprint density at radius 3 is 2.38 bits per heavy atom. The molecule has 0 spiro atoms. The molecule has 0 saturated heterocycles. The zero-order valence-corrected chi connectivity index (χ0v) is 15.0. The topological polar surface area (TPSA) is 114 Å². The number of ether oxygens (including phenoxy) is 1. The van der Waals surface area contributed by atoms with Gasteiger partial charge in [-0.3, -0.25) is 25.2 Å². The van der Waals surface area contributed by atoms with Crippen LogP contribution in [-0.4, -0.2) is 30.3 Å². The molecule has 0 atom stereocenters. The monoisotopic (exact) mass is 361 g/mol. The fraction of sp³-hybridized carbons (Fsp3) is 0.333. The van der Waals surface area contributed by atoms with Gasteiger partial charge >= 0.3 is 5.97 Å². The first-order valence-corrected chi connectivity index (χ1v) is 8.12. The Morgan fingerprint density at radius 2 is 1.69 bits per heavy atom. The minimum Gasteiger partial charge on any atom is -0.463 e. The highest BCUT2D eigenvalue weighted by Gasteiger charge is 2.09. The SMILES string of the molecule is CCOC(=O)/C=C/C(=O)NNC(=O)CCC(=O)Nc1cc(C)ccc1C. The first-order valence-electron chi connectivity index (χ1n) is 8.12. The Balaban J connectivity index is 2.33. The van der Waals surface area contributed by atoms with Crippen LogP contribution < -0.4 is 16.2 Å². The molecule has 0 fully saturated rings. The lowest BCUT2D eigenvalue weighted by Gasteiger charge is -2.09. The van der Waals surface area contributed by atoms with Crippen molar-refractivity contribution in [3.8, 4) is 0 Å². The van der Waals surface area contributed by atoms with Gasteiger partial charge in [0.1, 0.15) is 0 Å². The third-order valence-corrected chi connectivity index (χ3v) is 3.23. The summed E-state index contributed by atoms with van der Waals surface area (Å²) in [5, 5.41) is 2.75. The van der Waals surface area contributed by atoms with Crippen LogP contribution in [0.4, 0.5) is 5.69 Å². The highest BCUT2D eigenvalue weighted by molar-refractivity contribution is 5.96. The third-order valence-electron chi connectivity index (χ3n) is 3.23. The van der Waals surface area contributed by atoms with Gasteiger partial charge in [-0.1, -0.05) is 12.1 Å². The Labute approximate surface area is 152 Å². The Morgan fingerprint density at radius 1 is 1.00 bits per heavy atom. The van der Waals surface area contributed by atoms with Gasteiger partial charge in [-0.15, -0.1) is 0 Å². The second-order valence-electron chi connectivity index (χ2n) is 5.49. The lowest BCUT2D eigenvalue weighted by atomic mass is 10.1. The van der Waals surface area contributed by atoms with Crippen LogP contribution in [-0.2, 0) is 23.9 Å². The second kappa shape index (κ2) is 10.7. The fourth-order valence-corrected chi connectivity index (χ4v) is 1.88. The van der Waals surface area contributed by atoms with E-state index >= 15 is 0 Å². The van der Waals surface area contributed by atoms with Crippen molar-refractivity contribution in [1.82, 2.24) is 10.9 Å². The van der Waals surface area contributed by atoms with Crippen molar-refractivity contribution < 1.29 is 23.9 Å². The molecule has 0 heterocycles. The number of hydrazine groups is 1. The summed E-state index contributed by atoms with van der Waals surface area (Å²) in [6.07, 6.45) is 1.75. The molecule has 1 aromatic carbocycles. The summed E-state index contributed by atoms with van der Waals surface area (Å²) < 4.78 is 4.61. The largest absolute Gasteiger partial charge is 0.463 e. The van der Waals surface area contributed by atoms with Crippen molar-refractivity contribution >= 4 is 29.4 Å². The van der Waals surface area contributed by atoms with Crippen molar-refractivity contribution in [3.63, 3.8) is 0 Å². The molecule has 0 radical (unpaired) electrons. The summed E-state index contributed by atoms with van der Waals surface area (Å²) >= 11 is 0. The number of carbonyl (C=O) groups is 4. The minimum atomic E-state index is -0.689. The first-order chi connectivity index (χ1) is 12.3. The highest BCUT2D eigenvalue weighted by atomic mass is 16.5. The molecule has 0 unspecified atom stereocenters. The van der Waals surface area contributed by atoms with E-state index < -0.39 is 17.8 Å². The van der Waals surface area contributed by atoms with Crippen molar-refractivity contribution in [1.29, 1.82) is 0 Å². The predicted octanol–water partition coefficient (Wildman–Crippen LogP) is 1.29. The van der Waals surface area contributed by atoms with Gasteiger partial charge < -0.3 is 10.1 Å². The minimum absolute atomic E-state index is 0.0340. The number of benzene rings is 1. The standard InChI is InChI=1S/C18H23N3O5/c1-4-26-18(25)10-9-17(24)21-20-16(23)8-7-15(22)19-14-11-12(2)5-6-13(14)3/h5-6,9-11H,4,7-8H2,1-3H3,(H,19,22)(H,20,23)(H,21,24)/b10-9+. The molecule has 26 heavy (non-hydrogen) atoms. The number of rotatable bonds is 7. The molecule has 1 aromatic rings. The van der Waals surface area contributed by atoms with E-state index in [4.69, 9.17) is 0 Å². The molecule has 0 aliphatic carbocycles. The fourth-order valence-electron chi connectivity index (χ4n) is 1.88. The van der Waals surface area contributed by atoms with Crippen molar-refractivity contribution in [3.05, 3.63) is 41.5 Å². The Bertz CT molecular complexity index is 713. The number of esters is 1. The normalized spacial score (nSPS) is 10.3. The molecule has 0 saturated carbocycles. The number of carbonyl (C=O) groups excluding carboxylic acids is 4. The number of aryl methyl sites for hydroxylation is 2. The maximum absolute atomic E-state index is 11.9. The number of hydrogen-bond acceptors (Lipinski definition) is 5. The van der Waals surface area contributed by atoms with Crippen LogP contribution in [0.5, 0.6) is 0 Å². The number of hydrogen-bond donors (Lipinski definition) is 3. The van der Waals surface area contributed by atoms with Crippen molar-refractivity contribution in [2.45, 2.75) is 33.6 Å². The van der Waals surface area contributed by atoms with E-state index in [-0.39, 0.29) is 25.4 Å². The van der Waals surface area contributed by atoms with E-state index in [2.05, 4.69) is 20.9 Å². The maximum Gasteiger partial charge on any atom is 0.330 e. The predicted molar refractivity (Wildman–Crippen MR) is 95.8 cm³/mol. The molecule has 8 nitrogen and oxygen atoms in total. The molecule has 0 aliphatic heterocycles. The van der Waals surface area contributed by atoms with Crippen LogP contribution >= 0.6 is 0 Å². The molecule has 3 amide bonds. The first kappa shape index (κ1) is 20.9. The van der Waals surface area contributed by atoms with Gasteiger partial charge in [0.2, 0.25) is 11.8 Å². The number of amides is 3. The van der Waals surface area contributed by atoms with Gasteiger partial charge in [-0.2, -0.15) is 0 Å². The van der Waals surface area contributed by atoms with Crippen molar-refractivity contribution in [2.24, 2.45) is 0 Å². The summed E-state index contributed by atoms with van der Waals surface area (Å²) in [6, 6.07) is 5.69. The third kappa shape index (κ3) is 8.09. The molecule has 3 N–H and O–H groups in total. The lowest BCUT2D eigenvalue weighted by Crippen LogP contribution is -2.41. The maximum atomic E-state index is 11.9. The second-order valence-corrected chi connectivity index (χ2v) is 5.49. The summed E-state index contributed by atoms with van der Waals surface area (Å²) in [4.78, 5) is 46.0. The summed E-state index contributed by atoms with van der Waals surface area (Å²) in [6.45, 7) is 5.64. The molecule has 1 rings (SSSR count). The van der Waals surface area contributed by atoms with E-state index in [0.717, 1.165) is 23.3 Å². The lowest BCUT2D eigenvalue weighted by molar-refractivity contribution is -0.137. The Hall–Kier alpha value is -3.16. The molecule has 0 aromatic heterocycles. The molecule has 8 heteroatoms. The molecule has 0 aliphatic rings. The highest BCUT2D eigenvalue weighted by Crippen LogP contribution is 2.16. The van der Waals surface area contributed by atoms with Crippen LogP contribution in [0.25, 0.3) is 0 Å². The van der Waals surface area contributed by atoms with Gasteiger partial charge in [0.05, 0.1) is 6.61 Å². The quantitative estimate of drug-likeness (QED) is 0.385. The van der Waals surface area contributed by atoms with Crippen LogP contribution in [0, 0.1) is 13.8 Å². The number of nitrogens with one attached hydrogen (secondary N) is 3. The van der Waals surface area contributed by atoms with Crippen LogP contribution in [0.3, 0.4) is 0 Å². The van der Waals surface area contributed by atoms with Gasteiger partial charge in [-0.25, -0.2) is 4.79 Å².